The van der Waals surface area contributed by atoms with E-state index in [-0.39, 0.29) is 23.9 Å². The van der Waals surface area contributed by atoms with Gasteiger partial charge in [0.25, 0.3) is 0 Å². The third kappa shape index (κ3) is 5.01. The summed E-state index contributed by atoms with van der Waals surface area (Å²) in [6.07, 6.45) is 0. The summed E-state index contributed by atoms with van der Waals surface area (Å²) in [5.74, 6) is -0.0619. The van der Waals surface area contributed by atoms with E-state index < -0.39 is 16.0 Å². The Balaban J connectivity index is 1.28. The van der Waals surface area contributed by atoms with Gasteiger partial charge in [-0.25, -0.2) is 13.2 Å². The molecular weight excluding hydrogens is 446 g/mol. The van der Waals surface area contributed by atoms with Gasteiger partial charge in [-0.2, -0.15) is 4.31 Å². The fourth-order valence-electron chi connectivity index (χ4n) is 3.12. The molecule has 0 unspecified atom stereocenters. The van der Waals surface area contributed by atoms with Crippen molar-refractivity contribution in [2.24, 2.45) is 0 Å². The number of halogens is 1. The molecule has 31 heavy (non-hydrogen) atoms. The van der Waals surface area contributed by atoms with E-state index in [1.807, 2.05) is 0 Å². The molecule has 4 rings (SSSR count). The van der Waals surface area contributed by atoms with E-state index in [2.05, 4.69) is 0 Å². The third-order valence-corrected chi connectivity index (χ3v) is 6.84. The fraction of sp³-hybridized carbons (Fsp3) is 0.286. The summed E-state index contributed by atoms with van der Waals surface area (Å²) < 4.78 is 48.0. The van der Waals surface area contributed by atoms with Crippen LogP contribution in [0.3, 0.4) is 0 Å². The molecule has 10 heteroatoms. The average Bonchev–Trinajstić information content (AvgIpc) is 3.21. The van der Waals surface area contributed by atoms with Crippen LogP contribution < -0.4 is 4.74 Å². The van der Waals surface area contributed by atoms with Crippen molar-refractivity contribution >= 4 is 38.6 Å². The van der Waals surface area contributed by atoms with Crippen molar-refractivity contribution in [3.05, 3.63) is 59.3 Å². The van der Waals surface area contributed by atoms with Gasteiger partial charge in [-0.3, -0.25) is 0 Å². The zero-order chi connectivity index (χ0) is 21.8. The van der Waals surface area contributed by atoms with Gasteiger partial charge in [0.1, 0.15) is 24.5 Å². The molecule has 164 valence electrons. The SMILES string of the molecule is O=C(OCCOc1ccc(S(=O)(=O)N2CCOCC2)cc1)c1cc2cc(Cl)ccc2o1. The number of sulfonamides is 1. The van der Waals surface area contributed by atoms with Crippen molar-refractivity contribution in [3.8, 4) is 5.75 Å². The molecule has 1 aliphatic heterocycles. The molecular formula is C21H20ClNO7S. The zero-order valence-electron chi connectivity index (χ0n) is 16.5. The van der Waals surface area contributed by atoms with Crippen LogP contribution in [0.15, 0.2) is 57.8 Å². The number of carbonyl (C=O) groups is 1. The lowest BCUT2D eigenvalue weighted by molar-refractivity contribution is 0.0417. The summed E-state index contributed by atoms with van der Waals surface area (Å²) in [7, 11) is -3.55. The quantitative estimate of drug-likeness (QED) is 0.390. The minimum atomic E-state index is -3.55. The number of fused-ring (bicyclic) bond motifs is 1. The molecule has 0 atom stereocenters. The Kier molecular flexibility index (Phi) is 6.47. The normalized spacial score (nSPS) is 15.1. The Morgan fingerprint density at radius 1 is 1.03 bits per heavy atom. The van der Waals surface area contributed by atoms with Gasteiger partial charge in [0.2, 0.25) is 15.8 Å². The number of furan rings is 1. The van der Waals surface area contributed by atoms with Crippen LogP contribution in [-0.4, -0.2) is 58.2 Å². The van der Waals surface area contributed by atoms with Crippen molar-refractivity contribution in [1.29, 1.82) is 0 Å². The standard InChI is InChI=1S/C21H20ClNO7S/c22-16-1-6-19-15(13-16)14-20(30-19)21(24)29-12-11-28-17-2-4-18(5-3-17)31(25,26)23-7-9-27-10-8-23/h1-6,13-14H,7-12H2. The zero-order valence-corrected chi connectivity index (χ0v) is 18.0. The molecule has 1 aromatic heterocycles. The fourth-order valence-corrected chi connectivity index (χ4v) is 4.71. The molecule has 0 aliphatic carbocycles. The molecule has 2 heterocycles. The van der Waals surface area contributed by atoms with E-state index >= 15 is 0 Å². The Bertz CT molecular complexity index is 1170. The third-order valence-electron chi connectivity index (χ3n) is 4.70. The number of nitrogens with zero attached hydrogens (tertiary/aromatic N) is 1. The number of hydrogen-bond donors (Lipinski definition) is 0. The smallest absolute Gasteiger partial charge is 0.374 e. The minimum Gasteiger partial charge on any atom is -0.490 e. The molecule has 0 spiro atoms. The van der Waals surface area contributed by atoms with Crippen LogP contribution in [0.4, 0.5) is 0 Å². The summed E-state index contributed by atoms with van der Waals surface area (Å²) in [5, 5.41) is 1.26. The van der Waals surface area contributed by atoms with Crippen LogP contribution in [0.25, 0.3) is 11.0 Å². The second-order valence-electron chi connectivity index (χ2n) is 6.77. The number of benzene rings is 2. The van der Waals surface area contributed by atoms with Gasteiger partial charge in [0, 0.05) is 23.5 Å². The largest absolute Gasteiger partial charge is 0.490 e. The molecule has 0 amide bonds. The topological polar surface area (TPSA) is 95.3 Å². The van der Waals surface area contributed by atoms with E-state index in [9.17, 15) is 13.2 Å². The molecule has 0 N–H and O–H groups in total. The van der Waals surface area contributed by atoms with Crippen LogP contribution in [0, 0.1) is 0 Å². The summed E-state index contributed by atoms with van der Waals surface area (Å²) in [6, 6.07) is 12.7. The van der Waals surface area contributed by atoms with Crippen LogP contribution in [0.5, 0.6) is 5.75 Å². The van der Waals surface area contributed by atoms with Gasteiger partial charge in [-0.1, -0.05) is 11.6 Å². The van der Waals surface area contributed by atoms with Crippen LogP contribution in [0.1, 0.15) is 10.6 Å². The van der Waals surface area contributed by atoms with E-state index in [0.717, 1.165) is 0 Å². The first-order valence-corrected chi connectivity index (χ1v) is 11.4. The summed E-state index contributed by atoms with van der Waals surface area (Å²) in [5.41, 5.74) is 0.541. The Morgan fingerprint density at radius 3 is 2.52 bits per heavy atom. The molecule has 0 saturated carbocycles. The highest BCUT2D eigenvalue weighted by Crippen LogP contribution is 2.24. The molecule has 0 radical (unpaired) electrons. The summed E-state index contributed by atoms with van der Waals surface area (Å²) in [6.45, 7) is 1.56. The highest BCUT2D eigenvalue weighted by atomic mass is 35.5. The molecule has 0 bridgehead atoms. The first-order valence-electron chi connectivity index (χ1n) is 9.60. The monoisotopic (exact) mass is 465 g/mol. The number of morpholine rings is 1. The van der Waals surface area contributed by atoms with E-state index in [0.29, 0.717) is 48.0 Å². The van der Waals surface area contributed by atoms with Gasteiger partial charge in [-0.05, 0) is 48.5 Å². The second-order valence-corrected chi connectivity index (χ2v) is 9.14. The molecule has 2 aromatic carbocycles. The maximum atomic E-state index is 12.6. The Labute approximate surface area is 184 Å². The van der Waals surface area contributed by atoms with Crippen molar-refractivity contribution < 1.29 is 31.8 Å². The lowest BCUT2D eigenvalue weighted by atomic mass is 10.2. The molecule has 8 nitrogen and oxygen atoms in total. The maximum Gasteiger partial charge on any atom is 0.374 e. The highest BCUT2D eigenvalue weighted by molar-refractivity contribution is 7.89. The van der Waals surface area contributed by atoms with Gasteiger partial charge in [0.15, 0.2) is 0 Å². The molecule has 1 fully saturated rings. The lowest BCUT2D eigenvalue weighted by Gasteiger charge is -2.26. The summed E-state index contributed by atoms with van der Waals surface area (Å²) >= 11 is 5.93. The summed E-state index contributed by atoms with van der Waals surface area (Å²) in [4.78, 5) is 12.3. The predicted molar refractivity (Wildman–Crippen MR) is 113 cm³/mol. The Hall–Kier alpha value is -2.59. The average molecular weight is 466 g/mol. The Morgan fingerprint density at radius 2 is 1.77 bits per heavy atom. The van der Waals surface area contributed by atoms with E-state index in [1.165, 1.54) is 16.4 Å². The number of esters is 1. The maximum absolute atomic E-state index is 12.6. The van der Waals surface area contributed by atoms with Crippen molar-refractivity contribution in [2.75, 3.05) is 39.5 Å². The number of carbonyl (C=O) groups excluding carboxylic acids is 1. The van der Waals surface area contributed by atoms with Crippen molar-refractivity contribution in [1.82, 2.24) is 4.31 Å². The highest BCUT2D eigenvalue weighted by Gasteiger charge is 2.26. The number of rotatable bonds is 7. The molecule has 1 aliphatic rings. The van der Waals surface area contributed by atoms with Gasteiger partial charge in [-0.15, -0.1) is 0 Å². The van der Waals surface area contributed by atoms with Crippen LogP contribution in [0.2, 0.25) is 5.02 Å². The van der Waals surface area contributed by atoms with Crippen molar-refractivity contribution in [3.63, 3.8) is 0 Å². The predicted octanol–water partition coefficient (Wildman–Crippen LogP) is 3.34. The molecule has 3 aromatic rings. The van der Waals surface area contributed by atoms with Crippen molar-refractivity contribution in [2.45, 2.75) is 4.90 Å². The number of hydrogen-bond acceptors (Lipinski definition) is 7. The van der Waals surface area contributed by atoms with Gasteiger partial charge < -0.3 is 18.6 Å². The van der Waals surface area contributed by atoms with Crippen LogP contribution in [-0.2, 0) is 19.5 Å². The van der Waals surface area contributed by atoms with Gasteiger partial charge >= 0.3 is 5.97 Å². The second kappa shape index (κ2) is 9.27. The molecule has 1 saturated heterocycles. The number of ether oxygens (including phenoxy) is 3. The van der Waals surface area contributed by atoms with Gasteiger partial charge in [0.05, 0.1) is 18.1 Å². The van der Waals surface area contributed by atoms with E-state index in [4.69, 9.17) is 30.2 Å². The van der Waals surface area contributed by atoms with E-state index in [1.54, 1.807) is 36.4 Å². The lowest BCUT2D eigenvalue weighted by Crippen LogP contribution is -2.40. The first-order chi connectivity index (χ1) is 14.9. The first kappa shape index (κ1) is 21.6. The minimum absolute atomic E-state index is 0.00443. The van der Waals surface area contributed by atoms with Crippen LogP contribution >= 0.6 is 11.6 Å².